The molecule has 8 heteroatoms. The second-order valence-electron chi connectivity index (χ2n) is 8.92. The van der Waals surface area contributed by atoms with E-state index in [1.165, 1.54) is 16.9 Å². The zero-order valence-electron chi connectivity index (χ0n) is 19.6. The minimum absolute atomic E-state index is 0.119. The predicted octanol–water partition coefficient (Wildman–Crippen LogP) is 4.44. The summed E-state index contributed by atoms with van der Waals surface area (Å²) < 4.78 is 7.64. The molecule has 6 nitrogen and oxygen atoms in total. The van der Waals surface area contributed by atoms with Gasteiger partial charge >= 0.3 is 5.97 Å². The lowest BCUT2D eigenvalue weighted by Crippen LogP contribution is -2.38. The number of fused-ring (bicyclic) bond motifs is 3. The number of thiazole rings is 1. The summed E-state index contributed by atoms with van der Waals surface area (Å²) in [5.41, 5.74) is 6.06. The maximum atomic E-state index is 13.8. The Morgan fingerprint density at radius 3 is 2.73 bits per heavy atom. The Balaban J connectivity index is 1.52. The maximum Gasteiger partial charge on any atom is 0.341 e. The van der Waals surface area contributed by atoms with E-state index >= 15 is 0 Å². The Morgan fingerprint density at radius 2 is 1.92 bits per heavy atom. The number of hydrogen-bond acceptors (Lipinski definition) is 5. The van der Waals surface area contributed by atoms with E-state index in [9.17, 15) is 9.59 Å². The molecule has 4 aromatic rings. The molecule has 0 radical (unpaired) electrons. The molecule has 0 saturated heterocycles. The van der Waals surface area contributed by atoms with Crippen LogP contribution in [0.3, 0.4) is 0 Å². The second-order valence-corrected chi connectivity index (χ2v) is 10.4. The molecule has 6 rings (SSSR count). The highest BCUT2D eigenvalue weighted by Gasteiger charge is 2.32. The summed E-state index contributed by atoms with van der Waals surface area (Å²) in [5.74, 6) is -0.624. The van der Waals surface area contributed by atoms with Crippen molar-refractivity contribution in [1.82, 2.24) is 4.57 Å². The van der Waals surface area contributed by atoms with Crippen LogP contribution in [0.2, 0.25) is 5.02 Å². The second kappa shape index (κ2) is 9.50. The smallest absolute Gasteiger partial charge is 0.341 e. The van der Waals surface area contributed by atoms with E-state index in [0.717, 1.165) is 40.8 Å². The molecule has 1 aromatic heterocycles. The van der Waals surface area contributed by atoms with E-state index in [1.54, 1.807) is 28.8 Å². The molecule has 37 heavy (non-hydrogen) atoms. The van der Waals surface area contributed by atoms with Crippen molar-refractivity contribution in [2.24, 2.45) is 4.99 Å². The fourth-order valence-electron chi connectivity index (χ4n) is 4.96. The molecular weight excluding hydrogens is 508 g/mol. The third kappa shape index (κ3) is 4.41. The molecule has 1 atom stereocenters. The van der Waals surface area contributed by atoms with Crippen molar-refractivity contribution in [3.8, 4) is 5.75 Å². The topological polar surface area (TPSA) is 80.9 Å². The number of rotatable bonds is 5. The lowest BCUT2D eigenvalue weighted by atomic mass is 9.83. The molecule has 3 aromatic carbocycles. The first-order valence-electron chi connectivity index (χ1n) is 11.8. The number of hydrogen-bond donors (Lipinski definition) is 1. The first-order valence-corrected chi connectivity index (χ1v) is 13.0. The van der Waals surface area contributed by atoms with Crippen molar-refractivity contribution < 1.29 is 14.6 Å². The molecule has 1 aliphatic carbocycles. The van der Waals surface area contributed by atoms with Gasteiger partial charge in [-0.2, -0.15) is 0 Å². The van der Waals surface area contributed by atoms with Crippen LogP contribution in [0.1, 0.15) is 34.7 Å². The van der Waals surface area contributed by atoms with Crippen LogP contribution in [-0.2, 0) is 11.2 Å². The summed E-state index contributed by atoms with van der Waals surface area (Å²) in [4.78, 5) is 30.3. The van der Waals surface area contributed by atoms with Crippen molar-refractivity contribution in [1.29, 1.82) is 0 Å². The molecular formula is C29H21ClN2O4S. The van der Waals surface area contributed by atoms with Crippen LogP contribution in [0.15, 0.2) is 88.2 Å². The van der Waals surface area contributed by atoms with Crippen molar-refractivity contribution in [2.75, 3.05) is 6.61 Å². The lowest BCUT2D eigenvalue weighted by molar-refractivity contribution is -0.139. The van der Waals surface area contributed by atoms with Crippen molar-refractivity contribution in [2.45, 2.75) is 18.9 Å². The quantitative estimate of drug-likeness (QED) is 0.415. The van der Waals surface area contributed by atoms with Gasteiger partial charge in [-0.1, -0.05) is 71.5 Å². The molecule has 0 saturated carbocycles. The highest BCUT2D eigenvalue weighted by atomic mass is 35.5. The van der Waals surface area contributed by atoms with Gasteiger partial charge in [-0.3, -0.25) is 9.36 Å². The highest BCUT2D eigenvalue weighted by Crippen LogP contribution is 2.41. The van der Waals surface area contributed by atoms with Gasteiger partial charge < -0.3 is 9.84 Å². The third-order valence-corrected chi connectivity index (χ3v) is 7.81. The zero-order chi connectivity index (χ0) is 25.5. The van der Waals surface area contributed by atoms with E-state index in [-0.39, 0.29) is 11.6 Å². The van der Waals surface area contributed by atoms with Gasteiger partial charge in [0.2, 0.25) is 0 Å². The van der Waals surface area contributed by atoms with Crippen LogP contribution in [0, 0.1) is 0 Å². The van der Waals surface area contributed by atoms with Gasteiger partial charge in [0, 0.05) is 10.6 Å². The number of nitrogens with zero attached hydrogens (tertiary/aromatic N) is 2. The molecule has 2 aliphatic rings. The molecule has 184 valence electrons. The number of carboxylic acid groups (broad SMARTS) is 1. The van der Waals surface area contributed by atoms with Gasteiger partial charge in [0.15, 0.2) is 11.4 Å². The fourth-order valence-corrected chi connectivity index (χ4v) is 6.08. The molecule has 0 bridgehead atoms. The number of aromatic nitrogens is 1. The Hall–Kier alpha value is -3.94. The largest absolute Gasteiger partial charge is 0.482 e. The number of allylic oxidation sites excluding steroid dienone is 1. The summed E-state index contributed by atoms with van der Waals surface area (Å²) in [6.45, 7) is -0.431. The number of halogens is 1. The Bertz CT molecular complexity index is 1750. The number of aryl methyl sites for hydroxylation is 1. The van der Waals surface area contributed by atoms with E-state index in [1.807, 2.05) is 42.5 Å². The highest BCUT2D eigenvalue weighted by molar-refractivity contribution is 7.07. The maximum absolute atomic E-state index is 13.8. The average Bonchev–Trinajstić information content (AvgIpc) is 3.21. The van der Waals surface area contributed by atoms with Gasteiger partial charge in [-0.05, 0) is 65.4 Å². The summed E-state index contributed by atoms with van der Waals surface area (Å²) >= 11 is 7.53. The average molecular weight is 529 g/mol. The Morgan fingerprint density at radius 1 is 1.11 bits per heavy atom. The first-order chi connectivity index (χ1) is 18.0. The molecule has 0 amide bonds. The predicted molar refractivity (Wildman–Crippen MR) is 144 cm³/mol. The van der Waals surface area contributed by atoms with Crippen LogP contribution in [0.25, 0.3) is 11.8 Å². The van der Waals surface area contributed by atoms with Gasteiger partial charge in [0.25, 0.3) is 5.56 Å². The Labute approximate surface area is 221 Å². The molecule has 1 aliphatic heterocycles. The van der Waals surface area contributed by atoms with Crippen LogP contribution in [0.4, 0.5) is 0 Å². The van der Waals surface area contributed by atoms with Gasteiger partial charge in [-0.15, -0.1) is 0 Å². The summed E-state index contributed by atoms with van der Waals surface area (Å²) in [6.07, 6.45) is 3.51. The Kier molecular flexibility index (Phi) is 6.02. The molecule has 0 spiro atoms. The van der Waals surface area contributed by atoms with E-state index in [0.29, 0.717) is 20.1 Å². The standard InChI is InChI=1S/C29H21ClN2O4S/c30-20-11-8-19(9-12-20)27-23-13-10-18-5-1-2-7-22(18)26(23)31-29-32(27)28(35)24(37-29)15-17-4-3-6-21(14-17)36-16-25(33)34/h1-9,11-12,14-15,27H,10,13,16H2,(H,33,34). The monoisotopic (exact) mass is 528 g/mol. The minimum atomic E-state index is -1.05. The van der Waals surface area contributed by atoms with Gasteiger partial charge in [0.05, 0.1) is 16.3 Å². The number of benzene rings is 3. The van der Waals surface area contributed by atoms with Crippen LogP contribution < -0.4 is 19.6 Å². The minimum Gasteiger partial charge on any atom is -0.482 e. The van der Waals surface area contributed by atoms with Crippen LogP contribution >= 0.6 is 22.9 Å². The molecule has 1 N–H and O–H groups in total. The summed E-state index contributed by atoms with van der Waals surface area (Å²) in [6, 6.07) is 22.7. The van der Waals surface area contributed by atoms with E-state index < -0.39 is 12.6 Å². The number of ether oxygens (including phenoxy) is 1. The summed E-state index contributed by atoms with van der Waals surface area (Å²) in [7, 11) is 0. The molecule has 1 unspecified atom stereocenters. The van der Waals surface area contributed by atoms with Gasteiger partial charge in [-0.25, -0.2) is 9.79 Å². The van der Waals surface area contributed by atoms with Gasteiger partial charge in [0.1, 0.15) is 5.75 Å². The summed E-state index contributed by atoms with van der Waals surface area (Å²) in [5, 5.41) is 9.54. The van der Waals surface area contributed by atoms with E-state index in [4.69, 9.17) is 26.4 Å². The van der Waals surface area contributed by atoms with Crippen molar-refractivity contribution in [3.05, 3.63) is 125 Å². The SMILES string of the molecule is O=C(O)COc1cccc(C=c2sc3n(c2=O)C(c2ccc(Cl)cc2)C2=C(N=3)c3ccccc3CC2)c1. The normalized spacial score (nSPS) is 16.5. The number of carbonyl (C=O) groups is 1. The zero-order valence-corrected chi connectivity index (χ0v) is 21.1. The first kappa shape index (κ1) is 23.5. The van der Waals surface area contributed by atoms with Crippen molar-refractivity contribution in [3.63, 3.8) is 0 Å². The van der Waals surface area contributed by atoms with E-state index in [2.05, 4.69) is 12.1 Å². The fraction of sp³-hybridized carbons (Fsp3) is 0.138. The third-order valence-electron chi connectivity index (χ3n) is 6.58. The lowest BCUT2D eigenvalue weighted by Gasteiger charge is -2.30. The molecule has 2 heterocycles. The van der Waals surface area contributed by atoms with Crippen LogP contribution in [-0.4, -0.2) is 22.2 Å². The number of carboxylic acids is 1. The number of aliphatic carboxylic acids is 1. The van der Waals surface area contributed by atoms with Crippen molar-refractivity contribution >= 4 is 40.7 Å². The molecule has 0 fully saturated rings. The van der Waals surface area contributed by atoms with Crippen LogP contribution in [0.5, 0.6) is 5.75 Å².